The Bertz CT molecular complexity index is 384. The van der Waals surface area contributed by atoms with Gasteiger partial charge in [0.2, 0.25) is 0 Å². The molecular formula is C9H13N3O. The molecule has 1 aromatic rings. The monoisotopic (exact) mass is 179 g/mol. The first-order valence-corrected chi connectivity index (χ1v) is 4.48. The van der Waals surface area contributed by atoms with Crippen LogP contribution in [-0.4, -0.2) is 14.3 Å². The molecular weight excluding hydrogens is 166 g/mol. The van der Waals surface area contributed by atoms with Crippen LogP contribution in [0.5, 0.6) is 0 Å². The first-order valence-electron chi connectivity index (χ1n) is 4.48. The average Bonchev–Trinajstić information content (AvgIpc) is 2.89. The van der Waals surface area contributed by atoms with Gasteiger partial charge in [-0.3, -0.25) is 4.57 Å². The van der Waals surface area contributed by atoms with Crippen molar-refractivity contribution in [2.45, 2.75) is 25.3 Å². The zero-order valence-corrected chi connectivity index (χ0v) is 7.73. The maximum atomic E-state index is 11.5. The van der Waals surface area contributed by atoms with Crippen molar-refractivity contribution in [2.24, 2.45) is 7.05 Å². The highest BCUT2D eigenvalue weighted by atomic mass is 16.2. The molecule has 0 spiro atoms. The minimum absolute atomic E-state index is 0.0400. The van der Waals surface area contributed by atoms with Crippen molar-refractivity contribution in [3.8, 4) is 0 Å². The average molecular weight is 179 g/mol. The number of rotatable bonds is 3. The highest BCUT2D eigenvalue weighted by Crippen LogP contribution is 2.38. The molecule has 0 N–H and O–H groups in total. The highest BCUT2D eigenvalue weighted by Gasteiger charge is 2.29. The Hall–Kier alpha value is -1.32. The maximum Gasteiger partial charge on any atom is 0.345 e. The molecule has 1 fully saturated rings. The molecule has 0 unspecified atom stereocenters. The van der Waals surface area contributed by atoms with Crippen molar-refractivity contribution in [1.82, 2.24) is 14.3 Å². The van der Waals surface area contributed by atoms with E-state index in [0.717, 1.165) is 5.82 Å². The summed E-state index contributed by atoms with van der Waals surface area (Å²) in [6.07, 6.45) is 4.02. The van der Waals surface area contributed by atoms with Gasteiger partial charge in [0.25, 0.3) is 0 Å². The van der Waals surface area contributed by atoms with Gasteiger partial charge in [-0.2, -0.15) is 5.10 Å². The van der Waals surface area contributed by atoms with Gasteiger partial charge in [0.05, 0.1) is 6.54 Å². The van der Waals surface area contributed by atoms with Gasteiger partial charge >= 0.3 is 5.69 Å². The molecule has 1 aromatic heterocycles. The third-order valence-corrected chi connectivity index (χ3v) is 2.32. The van der Waals surface area contributed by atoms with Gasteiger partial charge in [0.15, 0.2) is 0 Å². The van der Waals surface area contributed by atoms with E-state index in [1.807, 2.05) is 0 Å². The van der Waals surface area contributed by atoms with E-state index in [0.29, 0.717) is 12.5 Å². The normalized spacial score (nSPS) is 16.1. The summed E-state index contributed by atoms with van der Waals surface area (Å²) >= 11 is 0. The van der Waals surface area contributed by atoms with Crippen LogP contribution in [-0.2, 0) is 13.6 Å². The van der Waals surface area contributed by atoms with E-state index in [-0.39, 0.29) is 5.69 Å². The van der Waals surface area contributed by atoms with E-state index in [2.05, 4.69) is 11.7 Å². The highest BCUT2D eigenvalue weighted by molar-refractivity contribution is 5.04. The second kappa shape index (κ2) is 2.87. The van der Waals surface area contributed by atoms with Gasteiger partial charge in [-0.1, -0.05) is 6.08 Å². The Morgan fingerprint density at radius 2 is 2.38 bits per heavy atom. The molecule has 1 aliphatic rings. The lowest BCUT2D eigenvalue weighted by atomic mass is 10.4. The van der Waals surface area contributed by atoms with E-state index in [1.54, 1.807) is 17.7 Å². The van der Waals surface area contributed by atoms with Crippen LogP contribution in [0.4, 0.5) is 0 Å². The van der Waals surface area contributed by atoms with Crippen LogP contribution in [0, 0.1) is 0 Å². The van der Waals surface area contributed by atoms with E-state index < -0.39 is 0 Å². The van der Waals surface area contributed by atoms with E-state index in [1.165, 1.54) is 17.5 Å². The molecule has 1 aliphatic carbocycles. The van der Waals surface area contributed by atoms with Crippen molar-refractivity contribution >= 4 is 0 Å². The van der Waals surface area contributed by atoms with E-state index in [9.17, 15) is 4.79 Å². The Morgan fingerprint density at radius 3 is 2.92 bits per heavy atom. The molecule has 0 amide bonds. The van der Waals surface area contributed by atoms with Crippen LogP contribution in [0.25, 0.3) is 0 Å². The van der Waals surface area contributed by atoms with Gasteiger partial charge in [0.1, 0.15) is 5.82 Å². The molecule has 2 rings (SSSR count). The van der Waals surface area contributed by atoms with Crippen LogP contribution < -0.4 is 5.69 Å². The van der Waals surface area contributed by atoms with Crippen molar-refractivity contribution in [3.05, 3.63) is 29.0 Å². The summed E-state index contributed by atoms with van der Waals surface area (Å²) < 4.78 is 3.10. The molecule has 1 saturated carbocycles. The summed E-state index contributed by atoms with van der Waals surface area (Å²) in [5.74, 6) is 1.44. The van der Waals surface area contributed by atoms with Gasteiger partial charge in [0, 0.05) is 13.0 Å². The molecule has 70 valence electrons. The fourth-order valence-electron chi connectivity index (χ4n) is 1.44. The maximum absolute atomic E-state index is 11.5. The third kappa shape index (κ3) is 1.32. The predicted octanol–water partition coefficient (Wildman–Crippen LogP) is 0.645. The zero-order valence-electron chi connectivity index (χ0n) is 7.73. The summed E-state index contributed by atoms with van der Waals surface area (Å²) in [4.78, 5) is 11.5. The number of hydrogen-bond donors (Lipinski definition) is 0. The Balaban J connectivity index is 2.42. The van der Waals surface area contributed by atoms with Gasteiger partial charge < -0.3 is 0 Å². The van der Waals surface area contributed by atoms with Crippen LogP contribution in [0.15, 0.2) is 17.4 Å². The lowest BCUT2D eigenvalue weighted by Crippen LogP contribution is -2.22. The molecule has 13 heavy (non-hydrogen) atoms. The van der Waals surface area contributed by atoms with Crippen LogP contribution >= 0.6 is 0 Å². The first-order chi connectivity index (χ1) is 6.24. The third-order valence-electron chi connectivity index (χ3n) is 2.32. The van der Waals surface area contributed by atoms with Gasteiger partial charge in [-0.05, 0) is 12.8 Å². The molecule has 4 nitrogen and oxygen atoms in total. The number of hydrogen-bond acceptors (Lipinski definition) is 2. The molecule has 1 heterocycles. The van der Waals surface area contributed by atoms with Crippen LogP contribution in [0.2, 0.25) is 0 Å². The minimum atomic E-state index is -0.0400. The molecule has 0 atom stereocenters. The van der Waals surface area contributed by atoms with E-state index in [4.69, 9.17) is 0 Å². The topological polar surface area (TPSA) is 39.8 Å². The second-order valence-electron chi connectivity index (χ2n) is 3.44. The van der Waals surface area contributed by atoms with Crippen LogP contribution in [0.1, 0.15) is 24.6 Å². The standard InChI is InChI=1S/C9H13N3O/c1-3-6-12-9(13)11(2)8(10-12)7-4-5-7/h3,7H,1,4-6H2,2H3. The fraction of sp³-hybridized carbons (Fsp3) is 0.556. The Morgan fingerprint density at radius 1 is 1.69 bits per heavy atom. The van der Waals surface area contributed by atoms with Gasteiger partial charge in [-0.25, -0.2) is 9.48 Å². The predicted molar refractivity (Wildman–Crippen MR) is 49.6 cm³/mol. The summed E-state index contributed by atoms with van der Waals surface area (Å²) in [5.41, 5.74) is -0.0400. The minimum Gasteiger partial charge on any atom is -0.282 e. The van der Waals surface area contributed by atoms with Crippen molar-refractivity contribution in [3.63, 3.8) is 0 Å². The van der Waals surface area contributed by atoms with Crippen molar-refractivity contribution < 1.29 is 0 Å². The summed E-state index contributed by atoms with van der Waals surface area (Å²) in [5, 5.41) is 4.26. The molecule has 0 aromatic carbocycles. The van der Waals surface area contributed by atoms with Crippen molar-refractivity contribution in [2.75, 3.05) is 0 Å². The number of allylic oxidation sites excluding steroid dienone is 1. The smallest absolute Gasteiger partial charge is 0.282 e. The zero-order chi connectivity index (χ0) is 9.42. The summed E-state index contributed by atoms with van der Waals surface area (Å²) in [6.45, 7) is 4.09. The lowest BCUT2D eigenvalue weighted by molar-refractivity contribution is 0.657. The summed E-state index contributed by atoms with van der Waals surface area (Å²) in [7, 11) is 1.78. The lowest BCUT2D eigenvalue weighted by Gasteiger charge is -1.91. The largest absolute Gasteiger partial charge is 0.345 e. The number of nitrogens with zero attached hydrogens (tertiary/aromatic N) is 3. The Kier molecular flexibility index (Phi) is 1.83. The van der Waals surface area contributed by atoms with Crippen molar-refractivity contribution in [1.29, 1.82) is 0 Å². The number of aromatic nitrogens is 3. The van der Waals surface area contributed by atoms with Gasteiger partial charge in [-0.15, -0.1) is 6.58 Å². The molecule has 4 heteroatoms. The first kappa shape index (κ1) is 8.29. The fourth-order valence-corrected chi connectivity index (χ4v) is 1.44. The SMILES string of the molecule is C=CCn1nc(C2CC2)n(C)c1=O. The Labute approximate surface area is 76.5 Å². The second-order valence-corrected chi connectivity index (χ2v) is 3.44. The molecule has 0 aliphatic heterocycles. The van der Waals surface area contributed by atoms with E-state index >= 15 is 0 Å². The molecule has 0 saturated heterocycles. The molecule has 0 bridgehead atoms. The van der Waals surface area contributed by atoms with Crippen LogP contribution in [0.3, 0.4) is 0 Å². The summed E-state index contributed by atoms with van der Waals surface area (Å²) in [6, 6.07) is 0. The molecule has 0 radical (unpaired) electrons. The quantitative estimate of drug-likeness (QED) is 0.639.